The van der Waals surface area contributed by atoms with Crippen molar-refractivity contribution in [1.29, 1.82) is 0 Å². The number of carbonyl (C=O) groups excluding carboxylic acids is 1. The molecule has 2 aromatic rings. The van der Waals surface area contributed by atoms with Crippen LogP contribution in [0.5, 0.6) is 0 Å². The Morgan fingerprint density at radius 1 is 1.13 bits per heavy atom. The van der Waals surface area contributed by atoms with Gasteiger partial charge in [-0.05, 0) is 55.0 Å². The van der Waals surface area contributed by atoms with Crippen molar-refractivity contribution < 1.29 is 9.90 Å². The van der Waals surface area contributed by atoms with Crippen LogP contribution in [0, 0.1) is 5.92 Å². The van der Waals surface area contributed by atoms with Gasteiger partial charge in [-0.1, -0.05) is 52.3 Å². The SMILES string of the molecule is C[C@@]1(O)CCC2(c3ccccc3)C(=O)C1Cc1cc(Br)ccc12. The lowest BCUT2D eigenvalue weighted by Crippen LogP contribution is -2.58. The Balaban J connectivity index is 2.01. The van der Waals surface area contributed by atoms with Crippen LogP contribution in [-0.2, 0) is 16.6 Å². The molecule has 23 heavy (non-hydrogen) atoms. The Labute approximate surface area is 144 Å². The summed E-state index contributed by atoms with van der Waals surface area (Å²) in [6.07, 6.45) is 1.93. The van der Waals surface area contributed by atoms with Gasteiger partial charge in [0, 0.05) is 4.47 Å². The number of carbonyl (C=O) groups is 1. The highest BCUT2D eigenvalue weighted by Crippen LogP contribution is 2.53. The van der Waals surface area contributed by atoms with Crippen molar-refractivity contribution >= 4 is 21.7 Å². The van der Waals surface area contributed by atoms with Gasteiger partial charge in [-0.15, -0.1) is 0 Å². The van der Waals surface area contributed by atoms with Gasteiger partial charge < -0.3 is 5.11 Å². The van der Waals surface area contributed by atoms with Gasteiger partial charge in [0.1, 0.15) is 0 Å². The monoisotopic (exact) mass is 370 g/mol. The van der Waals surface area contributed by atoms with E-state index in [2.05, 4.69) is 28.1 Å². The normalized spacial score (nSPS) is 32.5. The van der Waals surface area contributed by atoms with Gasteiger partial charge >= 0.3 is 0 Å². The fourth-order valence-electron chi connectivity index (χ4n) is 4.43. The van der Waals surface area contributed by atoms with Crippen molar-refractivity contribution in [3.8, 4) is 0 Å². The van der Waals surface area contributed by atoms with Crippen LogP contribution in [0.2, 0.25) is 0 Å². The van der Waals surface area contributed by atoms with Crippen LogP contribution >= 0.6 is 15.9 Å². The molecule has 0 heterocycles. The molecule has 2 bridgehead atoms. The molecule has 3 atom stereocenters. The third-order valence-corrected chi connectivity index (χ3v) is 6.20. The lowest BCUT2D eigenvalue weighted by molar-refractivity contribution is -0.144. The minimum Gasteiger partial charge on any atom is -0.389 e. The smallest absolute Gasteiger partial charge is 0.154 e. The fraction of sp³-hybridized carbons (Fsp3) is 0.350. The molecule has 0 saturated heterocycles. The van der Waals surface area contributed by atoms with Crippen LogP contribution in [-0.4, -0.2) is 16.5 Å². The molecule has 0 aromatic heterocycles. The molecule has 1 saturated carbocycles. The topological polar surface area (TPSA) is 37.3 Å². The lowest BCUT2D eigenvalue weighted by atomic mass is 9.52. The van der Waals surface area contributed by atoms with Gasteiger partial charge in [-0.3, -0.25) is 4.79 Å². The van der Waals surface area contributed by atoms with Crippen LogP contribution in [0.25, 0.3) is 0 Å². The number of ketones is 1. The number of Topliss-reactive ketones (excluding diaryl/α,β-unsaturated/α-hetero) is 1. The zero-order valence-corrected chi connectivity index (χ0v) is 14.6. The van der Waals surface area contributed by atoms with E-state index >= 15 is 0 Å². The van der Waals surface area contributed by atoms with E-state index in [0.29, 0.717) is 19.3 Å². The molecule has 1 fully saturated rings. The molecule has 2 nitrogen and oxygen atoms in total. The first kappa shape index (κ1) is 15.1. The van der Waals surface area contributed by atoms with Crippen LogP contribution in [0.3, 0.4) is 0 Å². The average Bonchev–Trinajstić information content (AvgIpc) is 2.53. The standard InChI is InChI=1S/C20H19BrO2/c1-19(23)9-10-20(14-5-3-2-4-6-14)16-8-7-15(21)11-13(16)12-17(19)18(20)22/h2-8,11,17,23H,9-10,12H2,1H3/t17?,19-,20?/m1/s1. The van der Waals surface area contributed by atoms with Gasteiger partial charge in [0.05, 0.1) is 16.9 Å². The highest BCUT2D eigenvalue weighted by Gasteiger charge is 2.57. The molecular formula is C20H19BrO2. The van der Waals surface area contributed by atoms with Crippen LogP contribution in [0.15, 0.2) is 53.0 Å². The van der Waals surface area contributed by atoms with E-state index in [1.807, 2.05) is 43.3 Å². The van der Waals surface area contributed by atoms with Gasteiger partial charge in [-0.2, -0.15) is 0 Å². The van der Waals surface area contributed by atoms with Crippen molar-refractivity contribution in [2.75, 3.05) is 0 Å². The quantitative estimate of drug-likeness (QED) is 0.822. The zero-order chi connectivity index (χ0) is 16.2. The van der Waals surface area contributed by atoms with Gasteiger partial charge in [0.2, 0.25) is 0 Å². The van der Waals surface area contributed by atoms with E-state index in [1.165, 1.54) is 5.56 Å². The maximum atomic E-state index is 13.4. The molecule has 3 heteroatoms. The lowest BCUT2D eigenvalue weighted by Gasteiger charge is -2.51. The van der Waals surface area contributed by atoms with Crippen molar-refractivity contribution in [2.45, 2.75) is 37.2 Å². The number of benzene rings is 2. The van der Waals surface area contributed by atoms with E-state index in [4.69, 9.17) is 0 Å². The van der Waals surface area contributed by atoms with E-state index < -0.39 is 11.0 Å². The molecule has 2 aliphatic carbocycles. The Morgan fingerprint density at radius 3 is 2.61 bits per heavy atom. The summed E-state index contributed by atoms with van der Waals surface area (Å²) in [5, 5.41) is 10.8. The molecule has 2 aromatic carbocycles. The Kier molecular flexibility index (Phi) is 3.30. The summed E-state index contributed by atoms with van der Waals surface area (Å²) in [6, 6.07) is 16.3. The van der Waals surface area contributed by atoms with Crippen molar-refractivity contribution in [3.05, 3.63) is 69.7 Å². The Bertz CT molecular complexity index is 781. The number of hydrogen-bond acceptors (Lipinski definition) is 2. The third kappa shape index (κ3) is 2.06. The molecule has 0 amide bonds. The predicted octanol–water partition coefficient (Wildman–Crippen LogP) is 4.02. The molecule has 2 aliphatic rings. The summed E-state index contributed by atoms with van der Waals surface area (Å²) in [5.74, 6) is -0.159. The summed E-state index contributed by atoms with van der Waals surface area (Å²) in [6.45, 7) is 1.81. The zero-order valence-electron chi connectivity index (χ0n) is 13.1. The van der Waals surface area contributed by atoms with Crippen molar-refractivity contribution in [2.24, 2.45) is 5.92 Å². The Morgan fingerprint density at radius 2 is 1.87 bits per heavy atom. The summed E-state index contributed by atoms with van der Waals surface area (Å²) in [5.41, 5.74) is 1.81. The molecule has 0 aliphatic heterocycles. The van der Waals surface area contributed by atoms with Crippen LogP contribution in [0.1, 0.15) is 36.5 Å². The Hall–Kier alpha value is -1.45. The first-order valence-electron chi connectivity index (χ1n) is 8.06. The van der Waals surface area contributed by atoms with E-state index in [-0.39, 0.29) is 11.7 Å². The minimum atomic E-state index is -0.921. The van der Waals surface area contributed by atoms with Crippen molar-refractivity contribution in [1.82, 2.24) is 0 Å². The number of hydrogen-bond donors (Lipinski definition) is 1. The second-order valence-corrected chi connectivity index (χ2v) is 7.97. The number of fused-ring (bicyclic) bond motifs is 4. The molecule has 1 N–H and O–H groups in total. The first-order chi connectivity index (χ1) is 10.9. The summed E-state index contributed by atoms with van der Waals surface area (Å²) in [4.78, 5) is 13.4. The largest absolute Gasteiger partial charge is 0.389 e. The molecule has 2 unspecified atom stereocenters. The van der Waals surface area contributed by atoms with Gasteiger partial charge in [0.15, 0.2) is 5.78 Å². The minimum absolute atomic E-state index is 0.176. The molecule has 0 spiro atoms. The maximum Gasteiger partial charge on any atom is 0.154 e. The summed E-state index contributed by atoms with van der Waals surface area (Å²) in [7, 11) is 0. The average molecular weight is 371 g/mol. The summed E-state index contributed by atoms with van der Waals surface area (Å²) < 4.78 is 1.02. The van der Waals surface area contributed by atoms with E-state index in [0.717, 1.165) is 15.6 Å². The van der Waals surface area contributed by atoms with Crippen molar-refractivity contribution in [3.63, 3.8) is 0 Å². The van der Waals surface area contributed by atoms with Gasteiger partial charge in [0.25, 0.3) is 0 Å². The predicted molar refractivity (Wildman–Crippen MR) is 93.4 cm³/mol. The maximum absolute atomic E-state index is 13.4. The van der Waals surface area contributed by atoms with E-state index in [9.17, 15) is 9.90 Å². The van der Waals surface area contributed by atoms with E-state index in [1.54, 1.807) is 0 Å². The number of rotatable bonds is 1. The van der Waals surface area contributed by atoms with Crippen LogP contribution in [0.4, 0.5) is 0 Å². The second-order valence-electron chi connectivity index (χ2n) is 7.05. The number of halogens is 1. The van der Waals surface area contributed by atoms with Gasteiger partial charge in [-0.25, -0.2) is 0 Å². The molecule has 4 rings (SSSR count). The fourth-order valence-corrected chi connectivity index (χ4v) is 4.84. The number of aliphatic hydroxyl groups is 1. The third-order valence-electron chi connectivity index (χ3n) is 5.71. The molecule has 118 valence electrons. The highest BCUT2D eigenvalue weighted by atomic mass is 79.9. The first-order valence-corrected chi connectivity index (χ1v) is 8.85. The molecular weight excluding hydrogens is 352 g/mol. The second kappa shape index (κ2) is 5.02. The van der Waals surface area contributed by atoms with Crippen LogP contribution < -0.4 is 0 Å². The highest BCUT2D eigenvalue weighted by molar-refractivity contribution is 9.10. The molecule has 0 radical (unpaired) electrons. The summed E-state index contributed by atoms with van der Waals surface area (Å²) >= 11 is 3.54.